The lowest BCUT2D eigenvalue weighted by molar-refractivity contribution is 0.0422. The van der Waals surface area contributed by atoms with Crippen LogP contribution in [0.2, 0.25) is 23.2 Å². The number of nitrogens with one attached hydrogen (secondary N) is 1. The van der Waals surface area contributed by atoms with Crippen molar-refractivity contribution in [3.63, 3.8) is 0 Å². The number of benzene rings is 2. The average molecular weight is 570 g/mol. The molecule has 216 valence electrons. The van der Waals surface area contributed by atoms with Gasteiger partial charge in [-0.15, -0.1) is 6.58 Å². The van der Waals surface area contributed by atoms with Crippen LogP contribution in [0.15, 0.2) is 73.3 Å². The molecule has 0 unspecified atom stereocenters. The summed E-state index contributed by atoms with van der Waals surface area (Å²) in [5.74, 6) is 0. The van der Waals surface area contributed by atoms with Gasteiger partial charge in [-0.25, -0.2) is 4.79 Å². The fourth-order valence-corrected chi connectivity index (χ4v) is 10.3. The van der Waals surface area contributed by atoms with Crippen molar-refractivity contribution in [2.75, 3.05) is 6.61 Å². The Morgan fingerprint density at radius 1 is 0.846 bits per heavy atom. The van der Waals surface area contributed by atoms with Crippen molar-refractivity contribution in [1.29, 1.82) is 0 Å². The third-order valence-electron chi connectivity index (χ3n) is 7.46. The highest BCUT2D eigenvalue weighted by atomic mass is 28.4. The molecule has 2 atom stereocenters. The number of carbonyl (C=O) groups is 1. The predicted molar refractivity (Wildman–Crippen MR) is 169 cm³/mol. The third-order valence-corrected chi connectivity index (χ3v) is 16.9. The summed E-state index contributed by atoms with van der Waals surface area (Å²) in [5.41, 5.74) is -0.628. The van der Waals surface area contributed by atoms with E-state index in [1.807, 2.05) is 32.9 Å². The summed E-state index contributed by atoms with van der Waals surface area (Å²) in [6.45, 7) is 27.7. The van der Waals surface area contributed by atoms with Gasteiger partial charge >= 0.3 is 6.09 Å². The largest absolute Gasteiger partial charge is 0.444 e. The number of amides is 1. The van der Waals surface area contributed by atoms with E-state index < -0.39 is 40.5 Å². The van der Waals surface area contributed by atoms with Crippen LogP contribution in [0.3, 0.4) is 0 Å². The molecule has 1 amide bonds. The second-order valence-corrected chi connectivity index (χ2v) is 22.9. The number of alkyl carbamates (subject to hydrolysis) is 1. The summed E-state index contributed by atoms with van der Waals surface area (Å²) < 4.78 is 19.6. The Balaban J connectivity index is 2.59. The van der Waals surface area contributed by atoms with E-state index in [0.29, 0.717) is 0 Å². The lowest BCUT2D eigenvalue weighted by Crippen LogP contribution is -2.68. The lowest BCUT2D eigenvalue weighted by atomic mass is 10.2. The minimum atomic E-state index is -2.83. The van der Waals surface area contributed by atoms with Crippen molar-refractivity contribution in [3.05, 3.63) is 73.3 Å². The number of ether oxygens (including phenoxy) is 1. The molecule has 5 nitrogen and oxygen atoms in total. The lowest BCUT2D eigenvalue weighted by Gasteiger charge is -2.45. The molecule has 1 N–H and O–H groups in total. The normalized spacial score (nSPS) is 14.8. The van der Waals surface area contributed by atoms with Crippen molar-refractivity contribution >= 4 is 33.1 Å². The summed E-state index contributed by atoms with van der Waals surface area (Å²) in [6, 6.07) is 20.5. The molecule has 0 bridgehead atoms. The molecule has 0 radical (unpaired) electrons. The first-order chi connectivity index (χ1) is 17.8. The van der Waals surface area contributed by atoms with Gasteiger partial charge in [0.2, 0.25) is 0 Å². The maximum Gasteiger partial charge on any atom is 0.408 e. The van der Waals surface area contributed by atoms with Crippen LogP contribution in [0, 0.1) is 0 Å². The summed E-state index contributed by atoms with van der Waals surface area (Å²) in [4.78, 5) is 13.1. The SMILES string of the molecule is C=C[C@H](O[Si](C)(C)C(C)(C)C)[C@@H](CO[Si](c1ccccc1)(c1ccccc1)C(C)(C)C)NC(=O)OC(C)(C)C. The molecule has 2 rings (SSSR count). The van der Waals surface area contributed by atoms with Crippen molar-refractivity contribution in [3.8, 4) is 0 Å². The topological polar surface area (TPSA) is 56.8 Å². The van der Waals surface area contributed by atoms with Crippen LogP contribution in [0.1, 0.15) is 62.3 Å². The molecule has 0 spiro atoms. The Labute approximate surface area is 239 Å². The highest BCUT2D eigenvalue weighted by Gasteiger charge is 2.51. The first-order valence-electron chi connectivity index (χ1n) is 13.9. The van der Waals surface area contributed by atoms with Gasteiger partial charge in [-0.3, -0.25) is 0 Å². The standard InChI is InChI=1S/C32H51NO4Si2/c1-13-28(37-38(11,12)31(5,6)7)27(33-29(34)36-30(2,3)4)24-35-39(32(8,9)10,25-20-16-14-17-21-25)26-22-18-15-19-23-26/h13-23,27-28H,1,24H2,2-12H3,(H,33,34)/t27-,28+/m1/s1. The molecule has 0 aliphatic carbocycles. The van der Waals surface area contributed by atoms with Gasteiger partial charge < -0.3 is 18.9 Å². The minimum Gasteiger partial charge on any atom is -0.444 e. The highest BCUT2D eigenvalue weighted by Crippen LogP contribution is 2.39. The van der Waals surface area contributed by atoms with E-state index in [-0.39, 0.29) is 16.7 Å². The molecule has 7 heteroatoms. The number of hydrogen-bond acceptors (Lipinski definition) is 4. The van der Waals surface area contributed by atoms with Gasteiger partial charge in [0.15, 0.2) is 8.32 Å². The van der Waals surface area contributed by atoms with Crippen LogP contribution in [-0.4, -0.2) is 47.1 Å². The molecule has 0 saturated heterocycles. The summed E-state index contributed by atoms with van der Waals surface area (Å²) in [5, 5.41) is 5.24. The summed E-state index contributed by atoms with van der Waals surface area (Å²) >= 11 is 0. The van der Waals surface area contributed by atoms with Gasteiger partial charge in [-0.05, 0) is 54.3 Å². The Morgan fingerprint density at radius 2 is 1.31 bits per heavy atom. The molecule has 0 fully saturated rings. The average Bonchev–Trinajstić information content (AvgIpc) is 2.81. The molecule has 0 aliphatic heterocycles. The minimum absolute atomic E-state index is 0.0103. The van der Waals surface area contributed by atoms with E-state index in [4.69, 9.17) is 13.6 Å². The molecule has 39 heavy (non-hydrogen) atoms. The van der Waals surface area contributed by atoms with E-state index in [2.05, 4.69) is 115 Å². The van der Waals surface area contributed by atoms with Crippen molar-refractivity contribution in [1.82, 2.24) is 5.32 Å². The van der Waals surface area contributed by atoms with Crippen LogP contribution in [0.5, 0.6) is 0 Å². The number of rotatable bonds is 10. The molecular formula is C32H51NO4Si2. The van der Waals surface area contributed by atoms with E-state index in [1.54, 1.807) is 6.08 Å². The van der Waals surface area contributed by atoms with Crippen LogP contribution in [-0.2, 0) is 13.6 Å². The first-order valence-corrected chi connectivity index (χ1v) is 18.7. The Bertz CT molecular complexity index is 1030. The predicted octanol–water partition coefficient (Wildman–Crippen LogP) is 7.03. The molecule has 0 aliphatic rings. The Hall–Kier alpha value is -2.20. The van der Waals surface area contributed by atoms with Crippen molar-refractivity contribution in [2.24, 2.45) is 0 Å². The highest BCUT2D eigenvalue weighted by molar-refractivity contribution is 6.99. The van der Waals surface area contributed by atoms with Gasteiger partial charge in [0.1, 0.15) is 5.60 Å². The van der Waals surface area contributed by atoms with Crippen molar-refractivity contribution in [2.45, 2.75) is 103 Å². The molecule has 0 saturated carbocycles. The van der Waals surface area contributed by atoms with E-state index in [0.717, 1.165) is 0 Å². The fraction of sp³-hybridized carbons (Fsp3) is 0.531. The maximum absolute atomic E-state index is 13.1. The van der Waals surface area contributed by atoms with Crippen LogP contribution in [0.25, 0.3) is 0 Å². The van der Waals surface area contributed by atoms with Gasteiger partial charge in [0.05, 0.1) is 18.8 Å². The van der Waals surface area contributed by atoms with Gasteiger partial charge in [-0.2, -0.15) is 0 Å². The molecular weight excluding hydrogens is 519 g/mol. The first kappa shape index (κ1) is 33.0. The smallest absolute Gasteiger partial charge is 0.408 e. The molecule has 2 aromatic carbocycles. The Kier molecular flexibility index (Phi) is 10.6. The number of hydrogen-bond donors (Lipinski definition) is 1. The zero-order valence-corrected chi connectivity index (χ0v) is 28.1. The van der Waals surface area contributed by atoms with E-state index in [9.17, 15) is 4.79 Å². The maximum atomic E-state index is 13.1. The second kappa shape index (κ2) is 12.5. The third kappa shape index (κ3) is 8.40. The van der Waals surface area contributed by atoms with Gasteiger partial charge in [-0.1, -0.05) is 108 Å². The quantitative estimate of drug-likeness (QED) is 0.246. The zero-order valence-electron chi connectivity index (χ0n) is 26.1. The molecule has 0 aromatic heterocycles. The second-order valence-electron chi connectivity index (χ2n) is 13.8. The Morgan fingerprint density at radius 3 is 1.67 bits per heavy atom. The number of carbonyl (C=O) groups excluding carboxylic acids is 1. The van der Waals surface area contributed by atoms with E-state index in [1.165, 1.54) is 10.4 Å². The van der Waals surface area contributed by atoms with Crippen LogP contribution in [0.4, 0.5) is 4.79 Å². The van der Waals surface area contributed by atoms with Gasteiger partial charge in [0.25, 0.3) is 8.32 Å². The van der Waals surface area contributed by atoms with Crippen LogP contribution < -0.4 is 15.7 Å². The monoisotopic (exact) mass is 569 g/mol. The molecule has 0 heterocycles. The fourth-order valence-electron chi connectivity index (χ4n) is 4.47. The van der Waals surface area contributed by atoms with Crippen LogP contribution >= 0.6 is 0 Å². The summed E-state index contributed by atoms with van der Waals surface area (Å²) in [7, 11) is -5.03. The van der Waals surface area contributed by atoms with Gasteiger partial charge in [0, 0.05) is 0 Å². The zero-order chi connectivity index (χ0) is 29.7. The van der Waals surface area contributed by atoms with E-state index >= 15 is 0 Å². The summed E-state index contributed by atoms with van der Waals surface area (Å²) in [6.07, 6.45) is 0.845. The van der Waals surface area contributed by atoms with Crippen molar-refractivity contribution < 1.29 is 18.4 Å². The molecule has 2 aromatic rings.